The Morgan fingerprint density at radius 1 is 0.493 bits per heavy atom. The molecule has 6 heteroatoms. The van der Waals surface area contributed by atoms with Crippen LogP contribution in [-0.2, 0) is 22.9 Å². The van der Waals surface area contributed by atoms with Crippen LogP contribution in [0.2, 0.25) is 0 Å². The van der Waals surface area contributed by atoms with Gasteiger partial charge in [0.25, 0.3) is 0 Å². The zero-order chi connectivity index (χ0) is 56.5. The average Bonchev–Trinajstić information content (AvgIpc) is 3.97. The second-order valence-electron chi connectivity index (χ2n) is 20.9. The van der Waals surface area contributed by atoms with Crippen LogP contribution in [0.1, 0.15) is 91.1 Å². The van der Waals surface area contributed by atoms with Crippen molar-refractivity contribution in [3.8, 4) is 28.4 Å². The molecule has 6 nitrogen and oxygen atoms in total. The molecule has 0 atom stereocenters. The standard InChI is InChI=1S/C65H59N5O/c1-63(2,3)42-31-32-66-59(36-42)70-56-29-15-14-25-55(56)60-58(70)38-47(39-67-60)71-46-20-16-19-45(37-46)68-40-69-61-48(41-33-43(64(4,5)6)35-44(34-41)65(7,8)9)26-17-27-53(61)51-23-12-10-21-49(51)50-22-11-13-24-52(50)54-28-18-30-57(68)62(54)69/h10-39H,40H2,1-9H3/i4D3,5D3,6D3. The number of benzene rings is 7. The number of nitrogens with zero attached hydrogens (tertiary/aromatic N) is 5. The number of aromatic nitrogens is 4. The van der Waals surface area contributed by atoms with Gasteiger partial charge in [0.15, 0.2) is 0 Å². The molecule has 0 amide bonds. The van der Waals surface area contributed by atoms with Gasteiger partial charge in [0.1, 0.15) is 24.0 Å². The molecule has 0 aliphatic carbocycles. The smallest absolute Gasteiger partial charge is 0.147 e. The van der Waals surface area contributed by atoms with Crippen LogP contribution in [-0.4, -0.2) is 19.1 Å². The highest BCUT2D eigenvalue weighted by atomic mass is 16.5. The van der Waals surface area contributed by atoms with Crippen LogP contribution in [0.15, 0.2) is 182 Å². The van der Waals surface area contributed by atoms with Crippen LogP contribution in [0.3, 0.4) is 0 Å². The Morgan fingerprint density at radius 2 is 1.10 bits per heavy atom. The van der Waals surface area contributed by atoms with E-state index >= 15 is 0 Å². The summed E-state index contributed by atoms with van der Waals surface area (Å²) in [6.07, 6.45) is 3.62. The fraction of sp³-hybridized carbons (Fsp3) is 0.200. The molecule has 1 aliphatic heterocycles. The van der Waals surface area contributed by atoms with E-state index in [1.54, 1.807) is 6.20 Å². The van der Waals surface area contributed by atoms with Gasteiger partial charge in [-0.05, 0) is 96.4 Å². The van der Waals surface area contributed by atoms with Crippen molar-refractivity contribution in [1.82, 2.24) is 19.1 Å². The van der Waals surface area contributed by atoms with Crippen molar-refractivity contribution in [2.24, 2.45) is 0 Å². The summed E-state index contributed by atoms with van der Waals surface area (Å²) in [5.74, 6) is 1.92. The molecule has 11 aromatic rings. The molecule has 5 heterocycles. The second kappa shape index (κ2) is 16.3. The van der Waals surface area contributed by atoms with E-state index < -0.39 is 31.4 Å². The Bertz CT molecular complexity index is 4350. The lowest BCUT2D eigenvalue weighted by molar-refractivity contribution is 0.481. The van der Waals surface area contributed by atoms with Gasteiger partial charge in [0, 0.05) is 58.1 Å². The van der Waals surface area contributed by atoms with E-state index in [1.165, 1.54) is 12.1 Å². The largest absolute Gasteiger partial charge is 0.456 e. The van der Waals surface area contributed by atoms with Gasteiger partial charge in [-0.25, -0.2) is 4.98 Å². The van der Waals surface area contributed by atoms with Crippen LogP contribution >= 0.6 is 0 Å². The lowest BCUT2D eigenvalue weighted by Crippen LogP contribution is -2.17. The van der Waals surface area contributed by atoms with Crippen molar-refractivity contribution in [1.29, 1.82) is 0 Å². The maximum Gasteiger partial charge on any atom is 0.147 e. The Labute approximate surface area is 428 Å². The monoisotopic (exact) mass is 935 g/mol. The van der Waals surface area contributed by atoms with Gasteiger partial charge in [-0.15, -0.1) is 0 Å². The average molecular weight is 935 g/mol. The number of fused-ring (bicyclic) bond motifs is 10. The lowest BCUT2D eigenvalue weighted by Gasteiger charge is -2.27. The molecule has 1 aliphatic rings. The molecule has 0 bridgehead atoms. The summed E-state index contributed by atoms with van der Waals surface area (Å²) in [4.78, 5) is 12.1. The molecule has 0 fully saturated rings. The number of rotatable bonds is 5. The first-order valence-corrected chi connectivity index (χ1v) is 24.2. The Balaban J connectivity index is 1.08. The third-order valence-electron chi connectivity index (χ3n) is 14.1. The minimum atomic E-state index is -3.47. The van der Waals surface area contributed by atoms with Gasteiger partial charge in [-0.1, -0.05) is 183 Å². The zero-order valence-electron chi connectivity index (χ0n) is 49.7. The summed E-state index contributed by atoms with van der Waals surface area (Å²) in [5.41, 5.74) is 4.71. The van der Waals surface area contributed by atoms with Crippen LogP contribution < -0.4 is 9.64 Å². The maximum atomic E-state index is 8.79. The van der Waals surface area contributed by atoms with E-state index in [1.807, 2.05) is 106 Å². The first-order chi connectivity index (χ1) is 37.8. The molecular weight excluding hydrogens is 867 g/mol. The van der Waals surface area contributed by atoms with Gasteiger partial charge in [-0.3, -0.25) is 9.55 Å². The molecule has 0 N–H and O–H groups in total. The van der Waals surface area contributed by atoms with Crippen LogP contribution in [0.4, 0.5) is 11.4 Å². The molecule has 0 unspecified atom stereocenters. The molecule has 4 aromatic heterocycles. The highest BCUT2D eigenvalue weighted by molar-refractivity contribution is 6.22. The summed E-state index contributed by atoms with van der Waals surface area (Å²) in [7, 11) is 0. The van der Waals surface area contributed by atoms with E-state index in [4.69, 9.17) is 27.0 Å². The van der Waals surface area contributed by atoms with Crippen molar-refractivity contribution < 1.29 is 17.1 Å². The van der Waals surface area contributed by atoms with E-state index in [-0.39, 0.29) is 11.0 Å². The Kier molecular flexibility index (Phi) is 8.08. The number of pyridine rings is 2. The first-order valence-electron chi connectivity index (χ1n) is 28.7. The normalized spacial score (nSPS) is 15.5. The zero-order valence-corrected chi connectivity index (χ0v) is 40.7. The predicted molar refractivity (Wildman–Crippen MR) is 299 cm³/mol. The van der Waals surface area contributed by atoms with Gasteiger partial charge in [0.05, 0.1) is 39.5 Å². The Hall–Kier alpha value is -7.96. The number of hydrogen-bond donors (Lipinski definition) is 0. The minimum Gasteiger partial charge on any atom is -0.456 e. The molecular formula is C65H59N5O. The minimum absolute atomic E-state index is 0.0932. The maximum absolute atomic E-state index is 8.79. The second-order valence-corrected chi connectivity index (χ2v) is 20.9. The highest BCUT2D eigenvalue weighted by Crippen LogP contribution is 2.46. The van der Waals surface area contributed by atoms with Crippen LogP contribution in [0.5, 0.6) is 11.5 Å². The topological polar surface area (TPSA) is 48.1 Å². The van der Waals surface area contributed by atoms with Gasteiger partial charge in [0.2, 0.25) is 0 Å². The molecule has 7 aromatic carbocycles. The van der Waals surface area contributed by atoms with Gasteiger partial charge >= 0.3 is 0 Å². The van der Waals surface area contributed by atoms with Crippen molar-refractivity contribution in [2.45, 2.75) is 85.0 Å². The third kappa shape index (κ3) is 7.56. The molecule has 0 saturated carbocycles. The van der Waals surface area contributed by atoms with Crippen molar-refractivity contribution in [3.05, 3.63) is 199 Å². The Morgan fingerprint density at radius 3 is 1.79 bits per heavy atom. The molecule has 0 saturated heterocycles. The highest BCUT2D eigenvalue weighted by Gasteiger charge is 2.28. The molecule has 350 valence electrons. The van der Waals surface area contributed by atoms with Gasteiger partial charge < -0.3 is 14.2 Å². The number of ether oxygens (including phenoxy) is 1. The summed E-state index contributed by atoms with van der Waals surface area (Å²) < 4.78 is 90.4. The van der Waals surface area contributed by atoms with Gasteiger partial charge in [-0.2, -0.15) is 0 Å². The summed E-state index contributed by atoms with van der Waals surface area (Å²) >= 11 is 0. The fourth-order valence-corrected chi connectivity index (χ4v) is 10.5. The molecule has 71 heavy (non-hydrogen) atoms. The molecule has 0 spiro atoms. The van der Waals surface area contributed by atoms with E-state index in [9.17, 15) is 0 Å². The predicted octanol–water partition coefficient (Wildman–Crippen LogP) is 17.6. The fourth-order valence-electron chi connectivity index (χ4n) is 10.5. The van der Waals surface area contributed by atoms with E-state index in [0.29, 0.717) is 34.9 Å². The summed E-state index contributed by atoms with van der Waals surface area (Å²) in [5, 5.41) is 6.83. The van der Waals surface area contributed by atoms with Crippen molar-refractivity contribution in [2.75, 3.05) is 4.90 Å². The van der Waals surface area contributed by atoms with Crippen LogP contribution in [0.25, 0.3) is 82.2 Å². The summed E-state index contributed by atoms with van der Waals surface area (Å²) in [6, 6.07) is 56.3. The molecule has 0 radical (unpaired) electrons. The summed E-state index contributed by atoms with van der Waals surface area (Å²) in [6.45, 7) is 2.32. The number of anilines is 2. The first kappa shape index (κ1) is 35.2. The number of para-hydroxylation sites is 3. The third-order valence-corrected chi connectivity index (χ3v) is 14.1. The lowest BCUT2D eigenvalue weighted by atomic mass is 9.78. The molecule has 12 rings (SSSR count). The SMILES string of the molecule is [2H]C([2H])([2H])C(c1cc(-c2cccc3c4ccccc4c4ccccc4c4cccc5c4n(c23)CN5c2cccc(Oc3cnc4c5ccccc5n(-c5cc(C(C)(C)C)ccn5)c4c3)c2)cc(C(C)(C)C)c1)(C([2H])([2H])[2H])C([2H])([2H])[2H]. The number of hydrogen-bond acceptors (Lipinski definition) is 4. The van der Waals surface area contributed by atoms with Crippen molar-refractivity contribution >= 4 is 76.7 Å². The quantitative estimate of drug-likeness (QED) is 0.173. The van der Waals surface area contributed by atoms with Crippen molar-refractivity contribution in [3.63, 3.8) is 0 Å². The van der Waals surface area contributed by atoms with E-state index in [0.717, 1.165) is 88.0 Å². The van der Waals surface area contributed by atoms with E-state index in [2.05, 4.69) is 114 Å². The van der Waals surface area contributed by atoms with Crippen LogP contribution in [0, 0.1) is 0 Å².